The zero-order valence-corrected chi connectivity index (χ0v) is 14.0. The lowest BCUT2D eigenvalue weighted by Gasteiger charge is -2.22. The van der Waals surface area contributed by atoms with Crippen LogP contribution in [-0.2, 0) is 14.3 Å². The standard InChI is InChI=1S/C20H19NO4/c1-2-25-19(24)11-4-3-5-12(10-11)21-17(22)15-13-6-7-14(16(15)18(21)23)20(13)8-9-20/h3-7,10,13-16H,2,8-9H2,1H3/t13-,14+,15-,16+. The Balaban J connectivity index is 1.49. The highest BCUT2D eigenvalue weighted by Crippen LogP contribution is 2.73. The molecule has 128 valence electrons. The molecular weight excluding hydrogens is 318 g/mol. The van der Waals surface area contributed by atoms with Gasteiger partial charge < -0.3 is 4.74 Å². The molecule has 2 saturated carbocycles. The van der Waals surface area contributed by atoms with Crippen LogP contribution in [0.5, 0.6) is 0 Å². The number of hydrogen-bond donors (Lipinski definition) is 0. The fourth-order valence-electron chi connectivity index (χ4n) is 5.32. The Morgan fingerprint density at radius 2 is 1.80 bits per heavy atom. The molecule has 1 aromatic carbocycles. The number of ether oxygens (including phenoxy) is 1. The number of imide groups is 1. The third-order valence-electron chi connectivity index (χ3n) is 6.47. The summed E-state index contributed by atoms with van der Waals surface area (Å²) in [5.41, 5.74) is 1.02. The van der Waals surface area contributed by atoms with E-state index in [4.69, 9.17) is 4.74 Å². The number of benzene rings is 1. The molecule has 1 spiro atoms. The number of fused-ring (bicyclic) bond motifs is 3. The molecule has 5 rings (SSSR count). The highest BCUT2D eigenvalue weighted by molar-refractivity contribution is 6.23. The Morgan fingerprint density at radius 1 is 1.16 bits per heavy atom. The van der Waals surface area contributed by atoms with E-state index < -0.39 is 5.97 Å². The molecule has 1 heterocycles. The predicted molar refractivity (Wildman–Crippen MR) is 89.7 cm³/mol. The third-order valence-corrected chi connectivity index (χ3v) is 6.47. The van der Waals surface area contributed by atoms with Gasteiger partial charge in [-0.1, -0.05) is 18.2 Å². The second-order valence-corrected chi connectivity index (χ2v) is 7.50. The molecule has 0 aromatic heterocycles. The largest absolute Gasteiger partial charge is 0.462 e. The minimum absolute atomic E-state index is 0.112. The quantitative estimate of drug-likeness (QED) is 0.483. The van der Waals surface area contributed by atoms with E-state index in [1.807, 2.05) is 0 Å². The van der Waals surface area contributed by atoms with Crippen molar-refractivity contribution in [3.63, 3.8) is 0 Å². The number of nitrogens with zero attached hydrogens (tertiary/aromatic N) is 1. The molecule has 0 radical (unpaired) electrons. The molecule has 25 heavy (non-hydrogen) atoms. The lowest BCUT2D eigenvalue weighted by molar-refractivity contribution is -0.123. The predicted octanol–water partition coefficient (Wildman–Crippen LogP) is 2.56. The topological polar surface area (TPSA) is 63.7 Å². The van der Waals surface area contributed by atoms with Crippen LogP contribution in [-0.4, -0.2) is 24.4 Å². The smallest absolute Gasteiger partial charge is 0.338 e. The van der Waals surface area contributed by atoms with Gasteiger partial charge in [0.1, 0.15) is 0 Å². The zero-order valence-electron chi connectivity index (χ0n) is 14.0. The van der Waals surface area contributed by atoms with Gasteiger partial charge in [0.2, 0.25) is 11.8 Å². The van der Waals surface area contributed by atoms with Crippen molar-refractivity contribution in [1.82, 2.24) is 0 Å². The molecule has 3 aliphatic carbocycles. The number of anilines is 1. The van der Waals surface area contributed by atoms with Gasteiger partial charge in [-0.05, 0) is 55.2 Å². The maximum Gasteiger partial charge on any atom is 0.338 e. The van der Waals surface area contributed by atoms with Crippen LogP contribution in [0.2, 0.25) is 0 Å². The SMILES string of the molecule is CCOC(=O)c1cccc(N2C(=O)[C@@H]3[C@H](C2=O)[C@H]2C=C[C@@H]3C23CC3)c1. The first-order valence-corrected chi connectivity index (χ1v) is 8.92. The molecule has 0 unspecified atom stereocenters. The Morgan fingerprint density at radius 3 is 2.36 bits per heavy atom. The summed E-state index contributed by atoms with van der Waals surface area (Å²) < 4.78 is 5.02. The summed E-state index contributed by atoms with van der Waals surface area (Å²) in [6.07, 6.45) is 6.56. The summed E-state index contributed by atoms with van der Waals surface area (Å²) in [6.45, 7) is 2.03. The summed E-state index contributed by atoms with van der Waals surface area (Å²) in [7, 11) is 0. The Labute approximate surface area is 145 Å². The van der Waals surface area contributed by atoms with E-state index in [0.29, 0.717) is 11.3 Å². The van der Waals surface area contributed by atoms with Crippen molar-refractivity contribution in [2.75, 3.05) is 11.5 Å². The second-order valence-electron chi connectivity index (χ2n) is 7.50. The van der Waals surface area contributed by atoms with Gasteiger partial charge in [0.15, 0.2) is 0 Å². The number of carbonyl (C=O) groups is 3. The molecule has 4 aliphatic rings. The van der Waals surface area contributed by atoms with Gasteiger partial charge in [0.05, 0.1) is 29.7 Å². The van der Waals surface area contributed by atoms with Gasteiger partial charge >= 0.3 is 5.97 Å². The molecule has 1 aliphatic heterocycles. The lowest BCUT2D eigenvalue weighted by Crippen LogP contribution is -2.34. The summed E-state index contributed by atoms with van der Waals surface area (Å²) in [5, 5.41) is 0. The molecule has 2 amide bonds. The van der Waals surface area contributed by atoms with E-state index >= 15 is 0 Å². The number of allylic oxidation sites excluding steroid dienone is 2. The molecule has 5 nitrogen and oxygen atoms in total. The molecule has 0 N–H and O–H groups in total. The van der Waals surface area contributed by atoms with Crippen molar-refractivity contribution < 1.29 is 19.1 Å². The molecule has 1 aromatic rings. The zero-order chi connectivity index (χ0) is 17.3. The van der Waals surface area contributed by atoms with Crippen molar-refractivity contribution in [2.24, 2.45) is 29.1 Å². The van der Waals surface area contributed by atoms with Crippen molar-refractivity contribution >= 4 is 23.5 Å². The van der Waals surface area contributed by atoms with E-state index in [9.17, 15) is 14.4 Å². The molecule has 1 saturated heterocycles. The summed E-state index contributed by atoms with van der Waals surface area (Å²) in [6, 6.07) is 6.61. The van der Waals surface area contributed by atoms with Crippen molar-refractivity contribution in [2.45, 2.75) is 19.8 Å². The monoisotopic (exact) mass is 337 g/mol. The van der Waals surface area contributed by atoms with Crippen LogP contribution >= 0.6 is 0 Å². The van der Waals surface area contributed by atoms with Crippen molar-refractivity contribution in [1.29, 1.82) is 0 Å². The molecule has 4 atom stereocenters. The maximum atomic E-state index is 13.1. The van der Waals surface area contributed by atoms with Crippen LogP contribution in [0.4, 0.5) is 5.69 Å². The first-order valence-electron chi connectivity index (χ1n) is 8.92. The van der Waals surface area contributed by atoms with Gasteiger partial charge in [0, 0.05) is 0 Å². The van der Waals surface area contributed by atoms with Gasteiger partial charge in [-0.2, -0.15) is 0 Å². The average Bonchev–Trinajstić information content (AvgIpc) is 3.20. The van der Waals surface area contributed by atoms with Crippen LogP contribution < -0.4 is 4.90 Å². The van der Waals surface area contributed by atoms with Crippen molar-refractivity contribution in [3.8, 4) is 0 Å². The van der Waals surface area contributed by atoms with Gasteiger partial charge in [-0.25, -0.2) is 9.69 Å². The minimum Gasteiger partial charge on any atom is -0.462 e. The number of hydrogen-bond acceptors (Lipinski definition) is 4. The molecule has 5 heteroatoms. The van der Waals surface area contributed by atoms with Crippen LogP contribution in [0.3, 0.4) is 0 Å². The molecule has 2 bridgehead atoms. The van der Waals surface area contributed by atoms with Crippen molar-refractivity contribution in [3.05, 3.63) is 42.0 Å². The first kappa shape index (κ1) is 14.9. The highest BCUT2D eigenvalue weighted by Gasteiger charge is 2.73. The van der Waals surface area contributed by atoms with Crippen LogP contribution in [0, 0.1) is 29.1 Å². The van der Waals surface area contributed by atoms with Gasteiger partial charge in [-0.3, -0.25) is 9.59 Å². The number of carbonyl (C=O) groups excluding carboxylic acids is 3. The summed E-state index contributed by atoms with van der Waals surface area (Å²) >= 11 is 0. The maximum absolute atomic E-state index is 13.1. The third kappa shape index (κ3) is 1.76. The fraction of sp³-hybridized carbons (Fsp3) is 0.450. The Kier molecular flexibility index (Phi) is 2.86. The number of rotatable bonds is 3. The highest BCUT2D eigenvalue weighted by atomic mass is 16.5. The van der Waals surface area contributed by atoms with E-state index in [0.717, 1.165) is 12.8 Å². The van der Waals surface area contributed by atoms with E-state index in [2.05, 4.69) is 12.2 Å². The second kappa shape index (κ2) is 4.81. The van der Waals surface area contributed by atoms with Gasteiger partial charge in [-0.15, -0.1) is 0 Å². The van der Waals surface area contributed by atoms with Crippen LogP contribution in [0.25, 0.3) is 0 Å². The van der Waals surface area contributed by atoms with Crippen LogP contribution in [0.15, 0.2) is 36.4 Å². The Bertz CT molecular complexity index is 804. The van der Waals surface area contributed by atoms with Gasteiger partial charge in [0.25, 0.3) is 0 Å². The van der Waals surface area contributed by atoms with E-state index in [-0.39, 0.29) is 47.5 Å². The van der Waals surface area contributed by atoms with E-state index in [1.54, 1.807) is 31.2 Å². The number of amides is 2. The van der Waals surface area contributed by atoms with E-state index in [1.165, 1.54) is 4.90 Å². The summed E-state index contributed by atoms with van der Waals surface area (Å²) in [5.74, 6) is -0.706. The fourth-order valence-corrected chi connectivity index (χ4v) is 5.32. The molecular formula is C20H19NO4. The molecule has 3 fully saturated rings. The average molecular weight is 337 g/mol. The Hall–Kier alpha value is -2.43. The minimum atomic E-state index is -0.442. The van der Waals surface area contributed by atoms with Crippen LogP contribution in [0.1, 0.15) is 30.1 Å². The normalized spacial score (nSPS) is 33.2. The number of esters is 1. The summed E-state index contributed by atoms with van der Waals surface area (Å²) in [4.78, 5) is 39.4. The lowest BCUT2D eigenvalue weighted by atomic mass is 9.85. The first-order chi connectivity index (χ1) is 12.1.